The van der Waals surface area contributed by atoms with Gasteiger partial charge in [-0.3, -0.25) is 9.63 Å². The fourth-order valence-corrected chi connectivity index (χ4v) is 0.592. The van der Waals surface area contributed by atoms with Gasteiger partial charge in [-0.05, 0) is 13.3 Å². The normalized spacial score (nSPS) is 12.7. The topological polar surface area (TPSA) is 49.8 Å². The maximum atomic E-state index is 11.0. The van der Waals surface area contributed by atoms with Crippen molar-refractivity contribution in [3.8, 4) is 0 Å². The van der Waals surface area contributed by atoms with E-state index in [2.05, 4.69) is 4.84 Å². The van der Waals surface area contributed by atoms with Gasteiger partial charge in [-0.25, -0.2) is 5.06 Å². The minimum Gasteiger partial charge on any atom is -0.393 e. The van der Waals surface area contributed by atoms with Crippen LogP contribution in [0.25, 0.3) is 0 Å². The van der Waals surface area contributed by atoms with Crippen LogP contribution in [0.2, 0.25) is 0 Å². The van der Waals surface area contributed by atoms with Gasteiger partial charge < -0.3 is 5.11 Å². The predicted octanol–water partition coefficient (Wildman–Crippen LogP) is 0.167. The minimum absolute atomic E-state index is 0.117. The van der Waals surface area contributed by atoms with Crippen LogP contribution in [0.15, 0.2) is 0 Å². The Morgan fingerprint density at radius 2 is 2.27 bits per heavy atom. The second-order valence-corrected chi connectivity index (χ2v) is 2.46. The first-order valence-corrected chi connectivity index (χ1v) is 3.56. The lowest BCUT2D eigenvalue weighted by Gasteiger charge is -2.13. The van der Waals surface area contributed by atoms with Crippen molar-refractivity contribution in [2.75, 3.05) is 14.2 Å². The zero-order valence-electron chi connectivity index (χ0n) is 7.20. The van der Waals surface area contributed by atoms with E-state index in [1.165, 1.54) is 7.11 Å². The Morgan fingerprint density at radius 3 is 2.64 bits per heavy atom. The summed E-state index contributed by atoms with van der Waals surface area (Å²) in [6.45, 7) is 1.65. The van der Waals surface area contributed by atoms with E-state index >= 15 is 0 Å². The molecule has 1 atom stereocenters. The molecule has 0 radical (unpaired) electrons. The van der Waals surface area contributed by atoms with Gasteiger partial charge in [-0.15, -0.1) is 0 Å². The predicted molar refractivity (Wildman–Crippen MR) is 40.7 cm³/mol. The molecule has 66 valence electrons. The molecule has 4 heteroatoms. The van der Waals surface area contributed by atoms with Crippen LogP contribution < -0.4 is 0 Å². The summed E-state index contributed by atoms with van der Waals surface area (Å²) < 4.78 is 0. The number of hydroxylamine groups is 2. The van der Waals surface area contributed by atoms with Crippen LogP contribution in [0.5, 0.6) is 0 Å². The van der Waals surface area contributed by atoms with Crippen molar-refractivity contribution in [2.24, 2.45) is 0 Å². The smallest absolute Gasteiger partial charge is 0.245 e. The lowest BCUT2D eigenvalue weighted by Crippen LogP contribution is -2.25. The third-order valence-corrected chi connectivity index (χ3v) is 1.40. The first-order chi connectivity index (χ1) is 5.07. The van der Waals surface area contributed by atoms with E-state index in [0.29, 0.717) is 12.8 Å². The number of nitrogens with zero attached hydrogens (tertiary/aromatic N) is 1. The van der Waals surface area contributed by atoms with Crippen molar-refractivity contribution in [1.29, 1.82) is 0 Å². The fourth-order valence-electron chi connectivity index (χ4n) is 0.592. The molecule has 0 saturated carbocycles. The standard InChI is InChI=1S/C7H15NO3/c1-6(9)4-5-7(10)8(2)11-3/h6,9H,4-5H2,1-3H3. The van der Waals surface area contributed by atoms with Gasteiger partial charge in [0.15, 0.2) is 0 Å². The Bertz CT molecular complexity index is 125. The van der Waals surface area contributed by atoms with Crippen molar-refractivity contribution < 1.29 is 14.7 Å². The number of aliphatic hydroxyl groups excluding tert-OH is 1. The molecule has 0 bridgehead atoms. The van der Waals surface area contributed by atoms with Crippen molar-refractivity contribution >= 4 is 5.91 Å². The molecule has 0 aromatic heterocycles. The van der Waals surface area contributed by atoms with E-state index < -0.39 is 6.10 Å². The third kappa shape index (κ3) is 4.75. The molecule has 4 nitrogen and oxygen atoms in total. The Balaban J connectivity index is 3.52. The fraction of sp³-hybridized carbons (Fsp3) is 0.857. The molecule has 0 aromatic carbocycles. The van der Waals surface area contributed by atoms with Gasteiger partial charge in [-0.1, -0.05) is 0 Å². The summed E-state index contributed by atoms with van der Waals surface area (Å²) >= 11 is 0. The summed E-state index contributed by atoms with van der Waals surface area (Å²) in [5.74, 6) is -0.117. The summed E-state index contributed by atoms with van der Waals surface area (Å²) in [5, 5.41) is 10.00. The van der Waals surface area contributed by atoms with E-state index in [-0.39, 0.29) is 5.91 Å². The zero-order valence-corrected chi connectivity index (χ0v) is 7.20. The quantitative estimate of drug-likeness (QED) is 0.598. The van der Waals surface area contributed by atoms with Crippen LogP contribution in [0.4, 0.5) is 0 Å². The first-order valence-electron chi connectivity index (χ1n) is 3.56. The SMILES string of the molecule is CON(C)C(=O)CCC(C)O. The molecular weight excluding hydrogens is 146 g/mol. The van der Waals surface area contributed by atoms with E-state index in [1.807, 2.05) is 0 Å². The molecule has 0 spiro atoms. The van der Waals surface area contributed by atoms with Crippen LogP contribution in [-0.4, -0.2) is 36.3 Å². The van der Waals surface area contributed by atoms with Crippen LogP contribution in [-0.2, 0) is 9.63 Å². The Kier molecular flexibility index (Phi) is 4.81. The number of rotatable bonds is 4. The van der Waals surface area contributed by atoms with Crippen molar-refractivity contribution in [1.82, 2.24) is 5.06 Å². The Labute approximate surface area is 66.7 Å². The van der Waals surface area contributed by atoms with Crippen molar-refractivity contribution in [2.45, 2.75) is 25.9 Å². The number of hydrogen-bond donors (Lipinski definition) is 1. The monoisotopic (exact) mass is 161 g/mol. The number of aliphatic hydroxyl groups is 1. The van der Waals surface area contributed by atoms with Crippen LogP contribution in [0.1, 0.15) is 19.8 Å². The van der Waals surface area contributed by atoms with E-state index in [4.69, 9.17) is 5.11 Å². The maximum Gasteiger partial charge on any atom is 0.245 e. The molecule has 0 aliphatic heterocycles. The van der Waals surface area contributed by atoms with Gasteiger partial charge in [0.05, 0.1) is 13.2 Å². The van der Waals surface area contributed by atoms with Gasteiger partial charge in [0.2, 0.25) is 5.91 Å². The summed E-state index contributed by atoms with van der Waals surface area (Å²) in [6.07, 6.45) is 0.373. The highest BCUT2D eigenvalue weighted by molar-refractivity contribution is 5.74. The third-order valence-electron chi connectivity index (χ3n) is 1.40. The van der Waals surface area contributed by atoms with E-state index in [9.17, 15) is 4.79 Å². The molecule has 0 aliphatic rings. The van der Waals surface area contributed by atoms with Gasteiger partial charge in [0.25, 0.3) is 0 Å². The second kappa shape index (κ2) is 5.09. The second-order valence-electron chi connectivity index (χ2n) is 2.46. The molecule has 1 amide bonds. The molecule has 0 heterocycles. The highest BCUT2D eigenvalue weighted by Gasteiger charge is 2.08. The van der Waals surface area contributed by atoms with Crippen molar-refractivity contribution in [3.05, 3.63) is 0 Å². The number of hydrogen-bond acceptors (Lipinski definition) is 3. The molecular formula is C7H15NO3. The Hall–Kier alpha value is -0.610. The molecule has 1 N–H and O–H groups in total. The molecule has 1 unspecified atom stereocenters. The van der Waals surface area contributed by atoms with Crippen molar-refractivity contribution in [3.63, 3.8) is 0 Å². The van der Waals surface area contributed by atoms with E-state index in [0.717, 1.165) is 5.06 Å². The number of carbonyl (C=O) groups is 1. The molecule has 0 fully saturated rings. The molecule has 0 saturated heterocycles. The molecule has 11 heavy (non-hydrogen) atoms. The zero-order chi connectivity index (χ0) is 8.85. The Morgan fingerprint density at radius 1 is 1.73 bits per heavy atom. The lowest BCUT2D eigenvalue weighted by atomic mass is 10.2. The average Bonchev–Trinajstić information content (AvgIpc) is 1.98. The summed E-state index contributed by atoms with van der Waals surface area (Å²) in [4.78, 5) is 15.6. The van der Waals surface area contributed by atoms with Crippen LogP contribution in [0, 0.1) is 0 Å². The van der Waals surface area contributed by atoms with Crippen LogP contribution >= 0.6 is 0 Å². The summed E-state index contributed by atoms with van der Waals surface area (Å²) in [6, 6.07) is 0. The number of carbonyl (C=O) groups excluding carboxylic acids is 1. The minimum atomic E-state index is -0.427. The highest BCUT2D eigenvalue weighted by atomic mass is 16.7. The lowest BCUT2D eigenvalue weighted by molar-refractivity contribution is -0.169. The number of amides is 1. The van der Waals surface area contributed by atoms with Gasteiger partial charge in [0.1, 0.15) is 0 Å². The molecule has 0 rings (SSSR count). The highest BCUT2D eigenvalue weighted by Crippen LogP contribution is 1.98. The van der Waals surface area contributed by atoms with Gasteiger partial charge in [-0.2, -0.15) is 0 Å². The summed E-state index contributed by atoms with van der Waals surface area (Å²) in [5.41, 5.74) is 0. The van der Waals surface area contributed by atoms with Gasteiger partial charge in [0, 0.05) is 13.5 Å². The molecule has 0 aliphatic carbocycles. The first kappa shape index (κ1) is 10.4. The molecule has 0 aromatic rings. The summed E-state index contributed by atoms with van der Waals surface area (Å²) in [7, 11) is 2.98. The largest absolute Gasteiger partial charge is 0.393 e. The maximum absolute atomic E-state index is 11.0. The van der Waals surface area contributed by atoms with E-state index in [1.54, 1.807) is 14.0 Å². The average molecular weight is 161 g/mol. The van der Waals surface area contributed by atoms with Gasteiger partial charge >= 0.3 is 0 Å². The van der Waals surface area contributed by atoms with Crippen LogP contribution in [0.3, 0.4) is 0 Å².